The van der Waals surface area contributed by atoms with E-state index in [2.05, 4.69) is 34.1 Å². The number of carbonyl (C=O) groups is 1. The third kappa shape index (κ3) is 4.36. The number of piperidine rings is 2. The Morgan fingerprint density at radius 2 is 1.85 bits per heavy atom. The molecule has 2 saturated heterocycles. The van der Waals surface area contributed by atoms with E-state index < -0.39 is 0 Å². The molecule has 4 rings (SSSR count). The number of likely N-dealkylation sites (tertiary alicyclic amines) is 2. The van der Waals surface area contributed by atoms with Gasteiger partial charge in [0.2, 0.25) is 5.91 Å². The van der Waals surface area contributed by atoms with Crippen LogP contribution in [0.3, 0.4) is 0 Å². The van der Waals surface area contributed by atoms with Gasteiger partial charge in [-0.25, -0.2) is 0 Å². The van der Waals surface area contributed by atoms with Gasteiger partial charge in [0.15, 0.2) is 0 Å². The van der Waals surface area contributed by atoms with Gasteiger partial charge in [0.1, 0.15) is 0 Å². The zero-order valence-electron chi connectivity index (χ0n) is 16.2. The van der Waals surface area contributed by atoms with E-state index >= 15 is 0 Å². The van der Waals surface area contributed by atoms with E-state index in [0.717, 1.165) is 45.4 Å². The zero-order valence-corrected chi connectivity index (χ0v) is 16.2. The first-order valence-corrected chi connectivity index (χ1v) is 10.5. The minimum Gasteiger partial charge on any atom is -0.394 e. The van der Waals surface area contributed by atoms with Crippen molar-refractivity contribution in [2.75, 3.05) is 46.0 Å². The van der Waals surface area contributed by atoms with Crippen molar-refractivity contribution in [2.24, 2.45) is 5.41 Å². The molecule has 3 fully saturated rings. The molecule has 0 unspecified atom stereocenters. The molecule has 5 nitrogen and oxygen atoms in total. The van der Waals surface area contributed by atoms with Gasteiger partial charge >= 0.3 is 0 Å². The number of ether oxygens (including phenoxy) is 1. The van der Waals surface area contributed by atoms with Crippen molar-refractivity contribution >= 4 is 5.91 Å². The minimum absolute atomic E-state index is 0.0278. The molecule has 27 heavy (non-hydrogen) atoms. The lowest BCUT2D eigenvalue weighted by Gasteiger charge is -2.50. The lowest BCUT2D eigenvalue weighted by Crippen LogP contribution is -2.54. The highest BCUT2D eigenvalue weighted by molar-refractivity contribution is 5.85. The lowest BCUT2D eigenvalue weighted by molar-refractivity contribution is -0.142. The van der Waals surface area contributed by atoms with Crippen LogP contribution in [0, 0.1) is 5.41 Å². The van der Waals surface area contributed by atoms with E-state index in [1.807, 2.05) is 6.07 Å². The molecule has 0 bridgehead atoms. The number of benzene rings is 1. The van der Waals surface area contributed by atoms with Crippen LogP contribution in [0.5, 0.6) is 0 Å². The summed E-state index contributed by atoms with van der Waals surface area (Å²) < 4.78 is 5.42. The smallest absolute Gasteiger partial charge is 0.230 e. The Morgan fingerprint density at radius 3 is 2.52 bits per heavy atom. The average Bonchev–Trinajstić information content (AvgIpc) is 3.54. The topological polar surface area (TPSA) is 53.0 Å². The van der Waals surface area contributed by atoms with Crippen LogP contribution in [-0.2, 0) is 9.53 Å². The van der Waals surface area contributed by atoms with Gasteiger partial charge in [-0.2, -0.15) is 0 Å². The molecular weight excluding hydrogens is 340 g/mol. The van der Waals surface area contributed by atoms with Crippen LogP contribution in [-0.4, -0.2) is 72.9 Å². The highest BCUT2D eigenvalue weighted by Gasteiger charge is 2.49. The van der Waals surface area contributed by atoms with Crippen LogP contribution in [0.2, 0.25) is 0 Å². The van der Waals surface area contributed by atoms with E-state index in [1.165, 1.54) is 18.4 Å². The second-order valence-corrected chi connectivity index (χ2v) is 8.54. The van der Waals surface area contributed by atoms with Crippen LogP contribution in [0.25, 0.3) is 0 Å². The van der Waals surface area contributed by atoms with Crippen LogP contribution in [0.15, 0.2) is 30.3 Å². The lowest BCUT2D eigenvalue weighted by atomic mass is 9.67. The van der Waals surface area contributed by atoms with Gasteiger partial charge in [-0.1, -0.05) is 30.3 Å². The maximum atomic E-state index is 13.2. The normalized spacial score (nSPS) is 25.9. The molecule has 1 amide bonds. The van der Waals surface area contributed by atoms with Gasteiger partial charge in [0.05, 0.1) is 25.7 Å². The van der Waals surface area contributed by atoms with E-state index in [9.17, 15) is 4.79 Å². The summed E-state index contributed by atoms with van der Waals surface area (Å²) in [5.41, 5.74) is 1.45. The number of nitrogens with zero attached hydrogens (tertiary/aromatic N) is 2. The molecule has 0 aromatic heterocycles. The SMILES string of the molecule is O=C1[C@H](c2ccccc2)CC2(CCN(CCOCCO)CC2)CN1C1CC1. The molecule has 2 aliphatic heterocycles. The zero-order chi connectivity index (χ0) is 18.7. The summed E-state index contributed by atoms with van der Waals surface area (Å²) in [5, 5.41) is 8.81. The molecule has 1 N–H and O–H groups in total. The second-order valence-electron chi connectivity index (χ2n) is 8.54. The largest absolute Gasteiger partial charge is 0.394 e. The van der Waals surface area contributed by atoms with Gasteiger partial charge in [-0.15, -0.1) is 0 Å². The molecule has 148 valence electrons. The first-order chi connectivity index (χ1) is 13.2. The van der Waals surface area contributed by atoms with Gasteiger partial charge in [0.25, 0.3) is 0 Å². The van der Waals surface area contributed by atoms with Crippen molar-refractivity contribution in [2.45, 2.75) is 44.1 Å². The van der Waals surface area contributed by atoms with Crippen molar-refractivity contribution in [3.8, 4) is 0 Å². The Bertz CT molecular complexity index is 624. The molecule has 3 aliphatic rings. The first-order valence-electron chi connectivity index (χ1n) is 10.5. The predicted molar refractivity (Wildman–Crippen MR) is 105 cm³/mol. The number of amides is 1. The molecule has 0 radical (unpaired) electrons. The number of rotatable bonds is 7. The van der Waals surface area contributed by atoms with Gasteiger partial charge in [-0.3, -0.25) is 4.79 Å². The molecule has 1 saturated carbocycles. The fraction of sp³-hybridized carbons (Fsp3) is 0.682. The summed E-state index contributed by atoms with van der Waals surface area (Å²) in [5.74, 6) is 0.383. The van der Waals surface area contributed by atoms with Crippen LogP contribution in [0.1, 0.15) is 43.6 Å². The number of hydrogen-bond donors (Lipinski definition) is 1. The van der Waals surface area contributed by atoms with Gasteiger partial charge in [-0.05, 0) is 56.2 Å². The average molecular weight is 373 g/mol. The van der Waals surface area contributed by atoms with E-state index in [1.54, 1.807) is 0 Å². The second kappa shape index (κ2) is 8.29. The number of carbonyl (C=O) groups excluding carboxylic acids is 1. The predicted octanol–water partition coefficient (Wildman–Crippen LogP) is 2.26. The number of aliphatic hydroxyl groups excluding tert-OH is 1. The van der Waals surface area contributed by atoms with E-state index in [-0.39, 0.29) is 17.9 Å². The summed E-state index contributed by atoms with van der Waals surface area (Å²) in [6, 6.07) is 10.9. The third-order valence-electron chi connectivity index (χ3n) is 6.62. The Balaban J connectivity index is 1.42. The molecule has 1 aromatic carbocycles. The number of aliphatic hydroxyl groups is 1. The van der Waals surface area contributed by atoms with E-state index in [4.69, 9.17) is 9.84 Å². The summed E-state index contributed by atoms with van der Waals surface area (Å²) >= 11 is 0. The fourth-order valence-corrected chi connectivity index (χ4v) is 4.84. The summed E-state index contributed by atoms with van der Waals surface area (Å²) in [7, 11) is 0. The summed E-state index contributed by atoms with van der Waals surface area (Å²) in [4.78, 5) is 17.9. The van der Waals surface area contributed by atoms with Crippen molar-refractivity contribution < 1.29 is 14.6 Å². The van der Waals surface area contributed by atoms with Gasteiger partial charge < -0.3 is 19.6 Å². The Hall–Kier alpha value is -1.43. The van der Waals surface area contributed by atoms with Crippen molar-refractivity contribution in [1.82, 2.24) is 9.80 Å². The quantitative estimate of drug-likeness (QED) is 0.746. The molecular formula is C22H32N2O3. The highest BCUT2D eigenvalue weighted by atomic mass is 16.5. The minimum atomic E-state index is 0.0278. The molecule has 2 heterocycles. The maximum Gasteiger partial charge on any atom is 0.230 e. The molecule has 1 aromatic rings. The molecule has 1 atom stereocenters. The standard InChI is InChI=1S/C22H32N2O3/c25-13-15-27-14-12-23-10-8-22(9-11-23)16-20(18-4-2-1-3-5-18)21(26)24(17-22)19-6-7-19/h1-5,19-20,25H,6-17H2/t20-/m0/s1. The molecule has 1 aliphatic carbocycles. The van der Waals surface area contributed by atoms with Gasteiger partial charge in [0, 0.05) is 19.1 Å². The highest BCUT2D eigenvalue weighted by Crippen LogP contribution is 2.48. The fourth-order valence-electron chi connectivity index (χ4n) is 4.84. The van der Waals surface area contributed by atoms with Crippen LogP contribution < -0.4 is 0 Å². The molecule has 5 heteroatoms. The summed E-state index contributed by atoms with van der Waals surface area (Å²) in [6.07, 6.45) is 5.67. The first kappa shape index (κ1) is 18.9. The third-order valence-corrected chi connectivity index (χ3v) is 6.62. The van der Waals surface area contributed by atoms with E-state index in [0.29, 0.717) is 25.2 Å². The van der Waals surface area contributed by atoms with Crippen LogP contribution in [0.4, 0.5) is 0 Å². The van der Waals surface area contributed by atoms with Crippen molar-refractivity contribution in [3.63, 3.8) is 0 Å². The Kier molecular flexibility index (Phi) is 5.81. The number of hydrogen-bond acceptors (Lipinski definition) is 4. The van der Waals surface area contributed by atoms with Crippen molar-refractivity contribution in [1.29, 1.82) is 0 Å². The maximum absolute atomic E-state index is 13.2. The Morgan fingerprint density at radius 1 is 1.11 bits per heavy atom. The molecule has 1 spiro atoms. The van der Waals surface area contributed by atoms with Crippen LogP contribution >= 0.6 is 0 Å². The Labute approximate surface area is 162 Å². The summed E-state index contributed by atoms with van der Waals surface area (Å²) in [6.45, 7) is 5.25. The van der Waals surface area contributed by atoms with Crippen molar-refractivity contribution in [3.05, 3.63) is 35.9 Å². The monoisotopic (exact) mass is 372 g/mol.